The molecule has 9 heteroatoms. The molecule has 0 aromatic carbocycles. The number of rotatable bonds is 6. The number of carboxylic acid groups (broad SMARTS) is 1. The Morgan fingerprint density at radius 1 is 1.40 bits per heavy atom. The van der Waals surface area contributed by atoms with Gasteiger partial charge in [0.05, 0.1) is 0 Å². The summed E-state index contributed by atoms with van der Waals surface area (Å²) >= 11 is 0. The highest BCUT2D eigenvalue weighted by molar-refractivity contribution is 7.89. The number of nitrogens with one attached hydrogen (secondary N) is 1. The molecule has 0 aliphatic heterocycles. The van der Waals surface area contributed by atoms with Crippen molar-refractivity contribution in [1.82, 2.24) is 9.62 Å². The fourth-order valence-electron chi connectivity index (χ4n) is 1.43. The van der Waals surface area contributed by atoms with Crippen LogP contribution in [-0.2, 0) is 14.8 Å². The number of aromatic carboxylic acids is 1. The van der Waals surface area contributed by atoms with Gasteiger partial charge in [0.2, 0.25) is 21.7 Å². The highest BCUT2D eigenvalue weighted by atomic mass is 32.2. The van der Waals surface area contributed by atoms with E-state index in [0.29, 0.717) is 0 Å². The third kappa shape index (κ3) is 3.81. The monoisotopic (exact) mass is 304 g/mol. The van der Waals surface area contributed by atoms with Crippen LogP contribution >= 0.6 is 0 Å². The number of furan rings is 1. The molecule has 1 aromatic rings. The molecular formula is C11H16N2O6S. The zero-order valence-electron chi connectivity index (χ0n) is 11.3. The van der Waals surface area contributed by atoms with E-state index in [-0.39, 0.29) is 29.5 Å². The summed E-state index contributed by atoms with van der Waals surface area (Å²) in [5, 5.41) is 8.74. The lowest BCUT2D eigenvalue weighted by atomic mass is 10.4. The Labute approximate surface area is 116 Å². The van der Waals surface area contributed by atoms with E-state index in [4.69, 9.17) is 9.52 Å². The number of hydrogen-bond acceptors (Lipinski definition) is 5. The molecule has 0 fully saturated rings. The normalized spacial score (nSPS) is 11.3. The molecule has 0 atom stereocenters. The molecule has 1 heterocycles. The molecule has 8 nitrogen and oxygen atoms in total. The topological polar surface area (TPSA) is 117 Å². The molecule has 1 aromatic heterocycles. The number of nitrogens with zero attached hydrogens (tertiary/aromatic N) is 1. The smallest absolute Gasteiger partial charge is 0.371 e. The van der Waals surface area contributed by atoms with Crippen molar-refractivity contribution >= 4 is 21.9 Å². The molecule has 0 saturated carbocycles. The van der Waals surface area contributed by atoms with E-state index < -0.39 is 21.8 Å². The first-order valence-electron chi connectivity index (χ1n) is 5.68. The Balaban J connectivity index is 2.79. The van der Waals surface area contributed by atoms with Crippen LogP contribution < -0.4 is 4.72 Å². The second-order valence-corrected chi connectivity index (χ2v) is 6.01. The van der Waals surface area contributed by atoms with Crippen molar-refractivity contribution < 1.29 is 27.5 Å². The summed E-state index contributed by atoms with van der Waals surface area (Å²) in [7, 11) is -0.771. The van der Waals surface area contributed by atoms with Crippen molar-refractivity contribution in [3.05, 3.63) is 17.6 Å². The number of carbonyl (C=O) groups is 2. The number of carbonyl (C=O) groups excluding carboxylic acids is 1. The van der Waals surface area contributed by atoms with Crippen LogP contribution in [0.25, 0.3) is 0 Å². The van der Waals surface area contributed by atoms with Gasteiger partial charge in [-0.3, -0.25) is 4.79 Å². The van der Waals surface area contributed by atoms with Gasteiger partial charge in [-0.25, -0.2) is 17.9 Å². The fraction of sp³-hybridized carbons (Fsp3) is 0.455. The van der Waals surface area contributed by atoms with Gasteiger partial charge in [0.1, 0.15) is 10.7 Å². The minimum Gasteiger partial charge on any atom is -0.475 e. The minimum atomic E-state index is -3.90. The van der Waals surface area contributed by atoms with E-state index >= 15 is 0 Å². The van der Waals surface area contributed by atoms with Gasteiger partial charge in [-0.2, -0.15) is 0 Å². The molecule has 0 unspecified atom stereocenters. The molecule has 0 saturated heterocycles. The van der Waals surface area contributed by atoms with Crippen LogP contribution in [0.4, 0.5) is 0 Å². The predicted octanol–water partition coefficient (Wildman–Crippen LogP) is 0.0428. The molecular weight excluding hydrogens is 288 g/mol. The largest absolute Gasteiger partial charge is 0.475 e. The predicted molar refractivity (Wildman–Crippen MR) is 68.9 cm³/mol. The summed E-state index contributed by atoms with van der Waals surface area (Å²) in [6.07, 6.45) is 0.00885. The Bertz CT molecular complexity index is 617. The SMILES string of the molecule is Cc1oc(C(=O)O)cc1S(=O)(=O)NCCC(=O)N(C)C. The van der Waals surface area contributed by atoms with Crippen molar-refractivity contribution in [2.24, 2.45) is 0 Å². The minimum absolute atomic E-state index is 0.00885. The van der Waals surface area contributed by atoms with Crippen LogP contribution in [0.3, 0.4) is 0 Å². The standard InChI is InChI=1S/C11H16N2O6S/c1-7-9(6-8(19-7)11(15)16)20(17,18)12-5-4-10(14)13(2)3/h6,12H,4-5H2,1-3H3,(H,15,16). The average Bonchev–Trinajstić information content (AvgIpc) is 2.71. The van der Waals surface area contributed by atoms with E-state index in [0.717, 1.165) is 6.07 Å². The molecule has 112 valence electrons. The average molecular weight is 304 g/mol. The number of carboxylic acids is 1. The third-order valence-electron chi connectivity index (χ3n) is 2.50. The number of aryl methyl sites for hydroxylation is 1. The lowest BCUT2D eigenvalue weighted by Gasteiger charge is -2.10. The van der Waals surface area contributed by atoms with Gasteiger partial charge in [-0.15, -0.1) is 0 Å². The lowest BCUT2D eigenvalue weighted by molar-refractivity contribution is -0.128. The van der Waals surface area contributed by atoms with E-state index in [1.54, 1.807) is 14.1 Å². The summed E-state index contributed by atoms with van der Waals surface area (Å²) in [6.45, 7) is 1.28. The maximum atomic E-state index is 12.0. The Hall–Kier alpha value is -1.87. The molecule has 1 rings (SSSR count). The van der Waals surface area contributed by atoms with E-state index in [9.17, 15) is 18.0 Å². The fourth-order valence-corrected chi connectivity index (χ4v) is 2.64. The molecule has 0 radical (unpaired) electrons. The van der Waals surface area contributed by atoms with Gasteiger partial charge in [-0.1, -0.05) is 0 Å². The van der Waals surface area contributed by atoms with Crippen LogP contribution in [0.2, 0.25) is 0 Å². The van der Waals surface area contributed by atoms with Crippen molar-refractivity contribution in [3.8, 4) is 0 Å². The summed E-state index contributed by atoms with van der Waals surface area (Å²) in [4.78, 5) is 23.1. The summed E-state index contributed by atoms with van der Waals surface area (Å²) in [5.41, 5.74) is 0. The van der Waals surface area contributed by atoms with Crippen LogP contribution in [0.15, 0.2) is 15.4 Å². The van der Waals surface area contributed by atoms with Gasteiger partial charge < -0.3 is 14.4 Å². The van der Waals surface area contributed by atoms with E-state index in [1.165, 1.54) is 11.8 Å². The van der Waals surface area contributed by atoms with Crippen LogP contribution in [0.1, 0.15) is 22.7 Å². The summed E-state index contributed by atoms with van der Waals surface area (Å²) < 4.78 is 31.0. The van der Waals surface area contributed by atoms with Crippen molar-refractivity contribution in [2.45, 2.75) is 18.2 Å². The van der Waals surface area contributed by atoms with E-state index in [1.807, 2.05) is 0 Å². The molecule has 0 bridgehead atoms. The van der Waals surface area contributed by atoms with Gasteiger partial charge in [0.15, 0.2) is 0 Å². The number of sulfonamides is 1. The van der Waals surface area contributed by atoms with Gasteiger partial charge >= 0.3 is 5.97 Å². The summed E-state index contributed by atoms with van der Waals surface area (Å²) in [6, 6.07) is 0.938. The quantitative estimate of drug-likeness (QED) is 0.766. The van der Waals surface area contributed by atoms with Crippen LogP contribution in [-0.4, -0.2) is 50.9 Å². The Morgan fingerprint density at radius 3 is 2.45 bits per heavy atom. The molecule has 2 N–H and O–H groups in total. The van der Waals surface area contributed by atoms with Crippen molar-refractivity contribution in [3.63, 3.8) is 0 Å². The highest BCUT2D eigenvalue weighted by Gasteiger charge is 2.23. The van der Waals surface area contributed by atoms with E-state index in [2.05, 4.69) is 4.72 Å². The first-order valence-corrected chi connectivity index (χ1v) is 7.17. The number of amides is 1. The molecule has 0 spiro atoms. The Morgan fingerprint density at radius 2 is 2.00 bits per heavy atom. The maximum absolute atomic E-state index is 12.0. The van der Waals surface area contributed by atoms with Crippen LogP contribution in [0.5, 0.6) is 0 Å². The lowest BCUT2D eigenvalue weighted by Crippen LogP contribution is -2.30. The Kier molecular flexibility index (Phi) is 4.90. The first-order chi connectivity index (χ1) is 9.15. The second-order valence-electron chi connectivity index (χ2n) is 4.27. The zero-order valence-corrected chi connectivity index (χ0v) is 12.2. The first kappa shape index (κ1) is 16.2. The van der Waals surface area contributed by atoms with Gasteiger partial charge in [0.25, 0.3) is 0 Å². The second kappa shape index (κ2) is 6.06. The molecule has 0 aliphatic carbocycles. The van der Waals surface area contributed by atoms with Gasteiger partial charge in [-0.05, 0) is 6.92 Å². The zero-order chi connectivity index (χ0) is 15.5. The van der Waals surface area contributed by atoms with Crippen LogP contribution in [0, 0.1) is 6.92 Å². The molecule has 20 heavy (non-hydrogen) atoms. The molecule has 0 aliphatic rings. The van der Waals surface area contributed by atoms with Crippen molar-refractivity contribution in [1.29, 1.82) is 0 Å². The molecule has 1 amide bonds. The van der Waals surface area contributed by atoms with Crippen molar-refractivity contribution in [2.75, 3.05) is 20.6 Å². The highest BCUT2D eigenvalue weighted by Crippen LogP contribution is 2.19. The third-order valence-corrected chi connectivity index (χ3v) is 4.07. The number of hydrogen-bond donors (Lipinski definition) is 2. The summed E-state index contributed by atoms with van der Waals surface area (Å²) in [5.74, 6) is -2.04. The maximum Gasteiger partial charge on any atom is 0.371 e. The van der Waals surface area contributed by atoms with Gasteiger partial charge in [0, 0.05) is 33.1 Å².